The van der Waals surface area contributed by atoms with Gasteiger partial charge in [0.05, 0.1) is 0 Å². The summed E-state index contributed by atoms with van der Waals surface area (Å²) in [6.45, 7) is 2.11. The number of benzene rings is 3. The molecule has 3 aromatic carbocycles. The van der Waals surface area contributed by atoms with Crippen molar-refractivity contribution in [3.63, 3.8) is 0 Å². The molecule has 9 heteroatoms. The SMILES string of the molecule is COC(OC)([SiH2]c1ccccc1)C(C)(C(OC)(OC)[SiH2]c1ccccc1)C(OC)(OC)[SiH2]c1ccccc1. The fourth-order valence-electron chi connectivity index (χ4n) is 5.90. The van der Waals surface area contributed by atoms with Gasteiger partial charge in [-0.05, 0) is 6.92 Å². The van der Waals surface area contributed by atoms with Crippen molar-refractivity contribution in [3.05, 3.63) is 91.0 Å². The van der Waals surface area contributed by atoms with Gasteiger partial charge in [0.25, 0.3) is 0 Å². The van der Waals surface area contributed by atoms with Crippen molar-refractivity contribution in [1.82, 2.24) is 0 Å². The van der Waals surface area contributed by atoms with E-state index in [1.54, 1.807) is 42.7 Å². The van der Waals surface area contributed by atoms with E-state index in [9.17, 15) is 0 Å². The maximum Gasteiger partial charge on any atom is 0.163 e. The molecule has 0 N–H and O–H groups in total. The summed E-state index contributed by atoms with van der Waals surface area (Å²) in [5.41, 5.74) is -4.39. The molecule has 0 bridgehead atoms. The van der Waals surface area contributed by atoms with Crippen molar-refractivity contribution in [3.8, 4) is 0 Å². The van der Waals surface area contributed by atoms with Gasteiger partial charge in [0.2, 0.25) is 0 Å². The quantitative estimate of drug-likeness (QED) is 0.194. The molecule has 3 rings (SSSR count). The van der Waals surface area contributed by atoms with Gasteiger partial charge in [-0.3, -0.25) is 0 Å². The second kappa shape index (κ2) is 13.4. The molecule has 0 aliphatic heterocycles. The first-order chi connectivity index (χ1) is 18.3. The van der Waals surface area contributed by atoms with E-state index >= 15 is 0 Å². The monoisotopic (exact) mass is 570 g/mol. The Bertz CT molecular complexity index is 950. The van der Waals surface area contributed by atoms with E-state index in [-0.39, 0.29) is 0 Å². The third kappa shape index (κ3) is 5.53. The number of methoxy groups -OCH3 is 6. The van der Waals surface area contributed by atoms with Crippen LogP contribution in [0.3, 0.4) is 0 Å². The third-order valence-corrected chi connectivity index (χ3v) is 16.0. The largest absolute Gasteiger partial charge is 0.356 e. The van der Waals surface area contributed by atoms with E-state index in [0.29, 0.717) is 0 Å². The van der Waals surface area contributed by atoms with Gasteiger partial charge in [-0.15, -0.1) is 0 Å². The first-order valence-corrected chi connectivity index (χ1v) is 17.0. The molecular formula is C29H42O6Si3. The summed E-state index contributed by atoms with van der Waals surface area (Å²) < 4.78 is 39.1. The predicted octanol–water partition coefficient (Wildman–Crippen LogP) is 0.315. The summed E-state index contributed by atoms with van der Waals surface area (Å²) in [6.07, 6.45) is 0. The van der Waals surface area contributed by atoms with Crippen molar-refractivity contribution < 1.29 is 28.4 Å². The molecule has 0 unspecified atom stereocenters. The van der Waals surface area contributed by atoms with E-state index in [0.717, 1.165) is 0 Å². The van der Waals surface area contributed by atoms with Crippen LogP contribution in [0.25, 0.3) is 0 Å². The van der Waals surface area contributed by atoms with Gasteiger partial charge < -0.3 is 28.4 Å². The molecule has 0 radical (unpaired) electrons. The van der Waals surface area contributed by atoms with Crippen molar-refractivity contribution in [1.29, 1.82) is 0 Å². The van der Waals surface area contributed by atoms with Crippen LogP contribution in [0.2, 0.25) is 0 Å². The van der Waals surface area contributed by atoms with E-state index in [2.05, 4.69) is 43.3 Å². The molecule has 0 aliphatic carbocycles. The Kier molecular flexibility index (Phi) is 10.8. The van der Waals surface area contributed by atoms with Crippen molar-refractivity contribution >= 4 is 44.1 Å². The van der Waals surface area contributed by atoms with Gasteiger partial charge in [0.1, 0.15) is 34.0 Å². The maximum atomic E-state index is 6.51. The average Bonchev–Trinajstić information content (AvgIpc) is 2.98. The highest BCUT2D eigenvalue weighted by Gasteiger charge is 2.73. The zero-order valence-corrected chi connectivity index (χ0v) is 28.0. The first kappa shape index (κ1) is 30.6. The van der Waals surface area contributed by atoms with E-state index in [1.807, 2.05) is 54.6 Å². The minimum atomic E-state index is -1.30. The number of hydrogen-bond acceptors (Lipinski definition) is 6. The molecule has 0 amide bonds. The van der Waals surface area contributed by atoms with Crippen LogP contribution in [0.1, 0.15) is 6.92 Å². The van der Waals surface area contributed by atoms with Gasteiger partial charge >= 0.3 is 0 Å². The molecule has 0 fully saturated rings. The number of rotatable bonds is 15. The highest BCUT2D eigenvalue weighted by Crippen LogP contribution is 2.54. The molecule has 38 heavy (non-hydrogen) atoms. The average molecular weight is 571 g/mol. The standard InChI is InChI=1S/C29H42O6Si3/c1-26(27(30-2,31-3)36-23-17-11-8-12-18-23,28(32-4,33-5)37-24-19-13-9-14-20-24)29(34-6,35-7)38-25-21-15-10-16-22-25/h8-22H,36-38H2,1-7H3. The summed E-state index contributed by atoms with van der Waals surface area (Å²) in [4.78, 5) is 0. The molecule has 0 heterocycles. The van der Waals surface area contributed by atoms with Gasteiger partial charge in [0, 0.05) is 42.7 Å². The molecule has 6 nitrogen and oxygen atoms in total. The Morgan fingerprint density at radius 3 is 0.789 bits per heavy atom. The van der Waals surface area contributed by atoms with Crippen LogP contribution >= 0.6 is 0 Å². The minimum Gasteiger partial charge on any atom is -0.356 e. The summed E-state index contributed by atoms with van der Waals surface area (Å²) in [6, 6.07) is 31.1. The Morgan fingerprint density at radius 1 is 0.395 bits per heavy atom. The molecule has 0 aliphatic rings. The predicted molar refractivity (Wildman–Crippen MR) is 162 cm³/mol. The smallest absolute Gasteiger partial charge is 0.163 e. The van der Waals surface area contributed by atoms with Gasteiger partial charge in [-0.25, -0.2) is 0 Å². The van der Waals surface area contributed by atoms with E-state index < -0.39 is 50.2 Å². The van der Waals surface area contributed by atoms with Crippen LogP contribution in [0.5, 0.6) is 0 Å². The van der Waals surface area contributed by atoms with E-state index in [1.165, 1.54) is 15.6 Å². The zero-order chi connectivity index (χ0) is 27.7. The Balaban J connectivity index is 2.37. The van der Waals surface area contributed by atoms with Crippen LogP contribution in [0, 0.1) is 5.41 Å². The van der Waals surface area contributed by atoms with Crippen LogP contribution in [-0.4, -0.2) is 87.4 Å². The summed E-state index contributed by atoms with van der Waals surface area (Å²) >= 11 is 0. The molecule has 0 spiro atoms. The van der Waals surface area contributed by atoms with Crippen LogP contribution in [0.4, 0.5) is 0 Å². The van der Waals surface area contributed by atoms with Crippen LogP contribution in [0.15, 0.2) is 91.0 Å². The lowest BCUT2D eigenvalue weighted by Crippen LogP contribution is -2.81. The molecular weight excluding hydrogens is 529 g/mol. The highest BCUT2D eigenvalue weighted by atomic mass is 28.2. The highest BCUT2D eigenvalue weighted by molar-refractivity contribution is 6.61. The van der Waals surface area contributed by atoms with Crippen LogP contribution < -0.4 is 15.6 Å². The summed E-state index contributed by atoms with van der Waals surface area (Å²) in [5.74, 6) is 0. The van der Waals surface area contributed by atoms with Crippen molar-refractivity contribution in [2.45, 2.75) is 23.2 Å². The van der Waals surface area contributed by atoms with E-state index in [4.69, 9.17) is 28.4 Å². The topological polar surface area (TPSA) is 55.4 Å². The second-order valence-electron chi connectivity index (χ2n) is 9.60. The van der Waals surface area contributed by atoms with Crippen molar-refractivity contribution in [2.24, 2.45) is 5.41 Å². The summed E-state index contributed by atoms with van der Waals surface area (Å²) in [5, 5.41) is 3.56. The number of hydrogen-bond donors (Lipinski definition) is 0. The first-order valence-electron chi connectivity index (χ1n) is 12.8. The zero-order valence-electron chi connectivity index (χ0n) is 23.7. The fourth-order valence-corrected chi connectivity index (χ4v) is 13.3. The molecule has 3 aromatic rings. The number of ether oxygens (including phenoxy) is 6. The van der Waals surface area contributed by atoms with Gasteiger partial charge in [0.15, 0.2) is 16.2 Å². The molecule has 0 saturated carbocycles. The van der Waals surface area contributed by atoms with Gasteiger partial charge in [-0.1, -0.05) is 107 Å². The lowest BCUT2D eigenvalue weighted by molar-refractivity contribution is -0.385. The third-order valence-electron chi connectivity index (χ3n) is 8.10. The maximum absolute atomic E-state index is 6.51. The lowest BCUT2D eigenvalue weighted by Gasteiger charge is -2.62. The molecule has 206 valence electrons. The summed E-state index contributed by atoms with van der Waals surface area (Å²) in [7, 11) is 6.33. The minimum absolute atomic E-state index is 1.05. The fraction of sp³-hybridized carbons (Fsp3) is 0.379. The Labute approximate surface area is 234 Å². The van der Waals surface area contributed by atoms with Crippen molar-refractivity contribution in [2.75, 3.05) is 42.7 Å². The second-order valence-corrected chi connectivity index (χ2v) is 15.9. The van der Waals surface area contributed by atoms with Crippen LogP contribution in [-0.2, 0) is 28.4 Å². The Morgan fingerprint density at radius 2 is 0.605 bits per heavy atom. The molecule has 0 saturated heterocycles. The Hall–Kier alpha value is -1.93. The normalized spacial score (nSPS) is 15.2. The molecule has 0 aromatic heterocycles. The molecule has 0 atom stereocenters. The van der Waals surface area contributed by atoms with Gasteiger partial charge in [-0.2, -0.15) is 0 Å². The lowest BCUT2D eigenvalue weighted by atomic mass is 9.85.